The van der Waals surface area contributed by atoms with Crippen molar-refractivity contribution in [2.75, 3.05) is 32.8 Å². The van der Waals surface area contributed by atoms with Crippen molar-refractivity contribution in [3.63, 3.8) is 0 Å². The predicted octanol–water partition coefficient (Wildman–Crippen LogP) is 3.87. The Bertz CT molecular complexity index is 559. The van der Waals surface area contributed by atoms with E-state index < -0.39 is 0 Å². The van der Waals surface area contributed by atoms with E-state index in [1.54, 1.807) is 0 Å². The van der Waals surface area contributed by atoms with Gasteiger partial charge in [0.2, 0.25) is 0 Å². The quantitative estimate of drug-likeness (QED) is 0.251. The van der Waals surface area contributed by atoms with Gasteiger partial charge >= 0.3 is 0 Å². The van der Waals surface area contributed by atoms with Crippen molar-refractivity contribution in [1.29, 1.82) is 0 Å². The zero-order chi connectivity index (χ0) is 20.2. The fourth-order valence-electron chi connectivity index (χ4n) is 3.94. The average molecular weight is 517 g/mol. The van der Waals surface area contributed by atoms with Gasteiger partial charge in [0, 0.05) is 45.4 Å². The first-order chi connectivity index (χ1) is 13.6. The number of hydrogen-bond donors (Lipinski definition) is 3. The van der Waals surface area contributed by atoms with Crippen LogP contribution in [-0.4, -0.2) is 54.8 Å². The molecule has 1 aliphatic rings. The Balaban J connectivity index is 0.00000420. The van der Waals surface area contributed by atoms with Crippen LogP contribution in [-0.2, 0) is 6.54 Å². The van der Waals surface area contributed by atoms with Crippen molar-refractivity contribution in [2.24, 2.45) is 16.8 Å². The minimum Gasteiger partial charge on any atom is -0.396 e. The number of hydrogen-bond acceptors (Lipinski definition) is 3. The van der Waals surface area contributed by atoms with E-state index in [1.807, 2.05) is 0 Å². The van der Waals surface area contributed by atoms with Crippen LogP contribution in [0.25, 0.3) is 0 Å². The zero-order valence-corrected chi connectivity index (χ0v) is 20.8. The maximum absolute atomic E-state index is 9.33. The lowest BCUT2D eigenvalue weighted by molar-refractivity contribution is 0.198. The molecule has 3 N–H and O–H groups in total. The molecule has 1 heterocycles. The number of halogens is 1. The number of aliphatic hydroxyl groups excluding tert-OH is 1. The summed E-state index contributed by atoms with van der Waals surface area (Å²) >= 11 is 0. The fraction of sp³-hybridized carbons (Fsp3) is 0.696. The summed E-state index contributed by atoms with van der Waals surface area (Å²) in [6, 6.07) is 11.2. The number of guanidine groups is 1. The second-order valence-electron chi connectivity index (χ2n) is 8.41. The van der Waals surface area contributed by atoms with Crippen molar-refractivity contribution >= 4 is 29.9 Å². The number of nitrogens with zero attached hydrogens (tertiary/aromatic N) is 2. The van der Waals surface area contributed by atoms with Crippen molar-refractivity contribution in [3.8, 4) is 0 Å². The van der Waals surface area contributed by atoms with Gasteiger partial charge in [0.25, 0.3) is 0 Å². The Labute approximate surface area is 194 Å². The number of nitrogens with one attached hydrogen (secondary N) is 2. The first-order valence-corrected chi connectivity index (χ1v) is 11.0. The molecule has 6 heteroatoms. The highest BCUT2D eigenvalue weighted by Gasteiger charge is 2.20. The number of benzene rings is 1. The van der Waals surface area contributed by atoms with Gasteiger partial charge in [-0.25, -0.2) is 0 Å². The SMILES string of the molecule is CCNC(=NCC(CCO)CC(C)C)NC1CCN(Cc2ccccc2)CC1.I. The number of likely N-dealkylation sites (tertiary alicyclic amines) is 1. The van der Waals surface area contributed by atoms with Gasteiger partial charge in [-0.1, -0.05) is 44.2 Å². The lowest BCUT2D eigenvalue weighted by Crippen LogP contribution is -2.48. The molecule has 0 amide bonds. The predicted molar refractivity (Wildman–Crippen MR) is 134 cm³/mol. The van der Waals surface area contributed by atoms with E-state index in [0.29, 0.717) is 17.9 Å². The van der Waals surface area contributed by atoms with Crippen LogP contribution in [0, 0.1) is 11.8 Å². The molecule has 29 heavy (non-hydrogen) atoms. The summed E-state index contributed by atoms with van der Waals surface area (Å²) in [4.78, 5) is 7.38. The summed E-state index contributed by atoms with van der Waals surface area (Å²) in [5, 5.41) is 16.4. The third-order valence-corrected chi connectivity index (χ3v) is 5.37. The van der Waals surface area contributed by atoms with E-state index >= 15 is 0 Å². The number of aliphatic hydroxyl groups is 1. The highest BCUT2D eigenvalue weighted by atomic mass is 127. The Hall–Kier alpha value is -0.860. The van der Waals surface area contributed by atoms with E-state index in [0.717, 1.165) is 64.4 Å². The molecule has 1 aromatic rings. The van der Waals surface area contributed by atoms with Crippen LogP contribution in [0.3, 0.4) is 0 Å². The summed E-state index contributed by atoms with van der Waals surface area (Å²) < 4.78 is 0. The molecule has 1 fully saturated rings. The molecule has 0 aliphatic carbocycles. The maximum atomic E-state index is 9.33. The van der Waals surface area contributed by atoms with Gasteiger partial charge in [-0.15, -0.1) is 24.0 Å². The van der Waals surface area contributed by atoms with Crippen LogP contribution in [0.5, 0.6) is 0 Å². The molecular weight excluding hydrogens is 475 g/mol. The van der Waals surface area contributed by atoms with Gasteiger partial charge in [-0.3, -0.25) is 9.89 Å². The van der Waals surface area contributed by atoms with Crippen molar-refractivity contribution in [1.82, 2.24) is 15.5 Å². The Kier molecular flexibility index (Phi) is 13.6. The summed E-state index contributed by atoms with van der Waals surface area (Å²) in [6.45, 7) is 11.8. The summed E-state index contributed by atoms with van der Waals surface area (Å²) in [7, 11) is 0. The average Bonchev–Trinajstić information content (AvgIpc) is 2.68. The van der Waals surface area contributed by atoms with Gasteiger partial charge in [0.1, 0.15) is 0 Å². The van der Waals surface area contributed by atoms with E-state index in [1.165, 1.54) is 5.56 Å². The number of rotatable bonds is 10. The molecule has 166 valence electrons. The molecular formula is C23H41IN4O. The molecule has 1 atom stereocenters. The first kappa shape index (κ1) is 26.2. The second-order valence-corrected chi connectivity index (χ2v) is 8.41. The molecule has 2 rings (SSSR count). The Morgan fingerprint density at radius 3 is 2.48 bits per heavy atom. The first-order valence-electron chi connectivity index (χ1n) is 11.0. The topological polar surface area (TPSA) is 59.9 Å². The monoisotopic (exact) mass is 516 g/mol. The third-order valence-electron chi connectivity index (χ3n) is 5.37. The van der Waals surface area contributed by atoms with Crippen LogP contribution < -0.4 is 10.6 Å². The largest absolute Gasteiger partial charge is 0.396 e. The fourth-order valence-corrected chi connectivity index (χ4v) is 3.94. The van der Waals surface area contributed by atoms with Crippen LogP contribution in [0.2, 0.25) is 0 Å². The van der Waals surface area contributed by atoms with Gasteiger partial charge < -0.3 is 15.7 Å². The number of aliphatic imine (C=N–C) groups is 1. The van der Waals surface area contributed by atoms with E-state index in [-0.39, 0.29) is 30.6 Å². The Morgan fingerprint density at radius 2 is 1.90 bits per heavy atom. The molecule has 1 aliphatic heterocycles. The van der Waals surface area contributed by atoms with E-state index in [2.05, 4.69) is 66.6 Å². The Morgan fingerprint density at radius 1 is 1.21 bits per heavy atom. The van der Waals surface area contributed by atoms with Crippen molar-refractivity contribution in [2.45, 2.75) is 59.0 Å². The molecule has 0 aromatic heterocycles. The lowest BCUT2D eigenvalue weighted by atomic mass is 9.94. The van der Waals surface area contributed by atoms with Crippen LogP contribution in [0.4, 0.5) is 0 Å². The minimum absolute atomic E-state index is 0. The molecule has 0 spiro atoms. The number of piperidine rings is 1. The normalized spacial score (nSPS) is 17.1. The smallest absolute Gasteiger partial charge is 0.191 e. The molecule has 0 bridgehead atoms. The van der Waals surface area contributed by atoms with E-state index in [9.17, 15) is 5.11 Å². The van der Waals surface area contributed by atoms with Gasteiger partial charge in [-0.2, -0.15) is 0 Å². The molecule has 0 saturated carbocycles. The minimum atomic E-state index is 0. The van der Waals surface area contributed by atoms with Gasteiger partial charge in [-0.05, 0) is 50.0 Å². The molecule has 1 unspecified atom stereocenters. The third kappa shape index (κ3) is 10.6. The summed E-state index contributed by atoms with van der Waals surface area (Å²) in [5.74, 6) is 2.01. The molecule has 0 radical (unpaired) electrons. The van der Waals surface area contributed by atoms with Crippen molar-refractivity contribution in [3.05, 3.63) is 35.9 Å². The summed E-state index contributed by atoms with van der Waals surface area (Å²) in [5.41, 5.74) is 1.39. The molecule has 1 saturated heterocycles. The van der Waals surface area contributed by atoms with Crippen LogP contribution >= 0.6 is 24.0 Å². The highest BCUT2D eigenvalue weighted by molar-refractivity contribution is 14.0. The maximum Gasteiger partial charge on any atom is 0.191 e. The highest BCUT2D eigenvalue weighted by Crippen LogP contribution is 2.16. The molecule has 5 nitrogen and oxygen atoms in total. The van der Waals surface area contributed by atoms with Crippen LogP contribution in [0.1, 0.15) is 52.0 Å². The lowest BCUT2D eigenvalue weighted by Gasteiger charge is -2.33. The second kappa shape index (κ2) is 15.0. The molecule has 1 aromatic carbocycles. The van der Waals surface area contributed by atoms with Gasteiger partial charge in [0.05, 0.1) is 0 Å². The van der Waals surface area contributed by atoms with Gasteiger partial charge in [0.15, 0.2) is 5.96 Å². The zero-order valence-electron chi connectivity index (χ0n) is 18.4. The van der Waals surface area contributed by atoms with Crippen molar-refractivity contribution < 1.29 is 5.11 Å². The standard InChI is InChI=1S/C23H40N4O.HI/c1-4-24-23(25-17-21(12-15-28)16-19(2)3)26-22-10-13-27(14-11-22)18-20-8-6-5-7-9-20;/h5-9,19,21-22,28H,4,10-18H2,1-3H3,(H2,24,25,26);1H. The van der Waals surface area contributed by atoms with Crippen LogP contribution in [0.15, 0.2) is 35.3 Å². The van der Waals surface area contributed by atoms with E-state index in [4.69, 9.17) is 4.99 Å². The summed E-state index contributed by atoms with van der Waals surface area (Å²) in [6.07, 6.45) is 4.23.